The van der Waals surface area contributed by atoms with Gasteiger partial charge in [0, 0.05) is 6.08 Å². The Morgan fingerprint density at radius 3 is 2.33 bits per heavy atom. The fourth-order valence-corrected chi connectivity index (χ4v) is 1.96. The molecule has 104 valence electrons. The van der Waals surface area contributed by atoms with Crippen LogP contribution in [0, 0.1) is 0 Å². The molecule has 0 atom stereocenters. The number of carbonyl (C=O) groups is 1. The highest BCUT2D eigenvalue weighted by Gasteiger charge is 2.21. The van der Waals surface area contributed by atoms with E-state index < -0.39 is 0 Å². The van der Waals surface area contributed by atoms with Crippen LogP contribution in [0.1, 0.15) is 5.56 Å². The predicted octanol–water partition coefficient (Wildman–Crippen LogP) is 3.08. The van der Waals surface area contributed by atoms with Gasteiger partial charge in [0.25, 0.3) is 5.91 Å². The third-order valence-electron chi connectivity index (χ3n) is 3.00. The van der Waals surface area contributed by atoms with Gasteiger partial charge < -0.3 is 4.74 Å². The van der Waals surface area contributed by atoms with Crippen molar-refractivity contribution in [3.8, 4) is 0 Å². The molecule has 0 aliphatic carbocycles. The Morgan fingerprint density at radius 2 is 1.62 bits per heavy atom. The third kappa shape index (κ3) is 3.17. The molecule has 0 radical (unpaired) electrons. The zero-order valence-corrected chi connectivity index (χ0v) is 11.3. The summed E-state index contributed by atoms with van der Waals surface area (Å²) in [4.78, 5) is 11.9. The summed E-state index contributed by atoms with van der Waals surface area (Å²) in [5.41, 5.74) is 1.78. The molecule has 4 nitrogen and oxygen atoms in total. The number of carbonyl (C=O) groups excluding carboxylic acids is 1. The number of hydrogen-bond donors (Lipinski definition) is 0. The van der Waals surface area contributed by atoms with Gasteiger partial charge in [-0.3, -0.25) is 4.79 Å². The molecule has 2 aromatic carbocycles. The van der Waals surface area contributed by atoms with E-state index in [9.17, 15) is 4.79 Å². The van der Waals surface area contributed by atoms with E-state index in [-0.39, 0.29) is 12.5 Å². The van der Waals surface area contributed by atoms with Crippen molar-refractivity contribution >= 4 is 23.6 Å². The Morgan fingerprint density at radius 1 is 0.952 bits per heavy atom. The summed E-state index contributed by atoms with van der Waals surface area (Å²) >= 11 is 0. The Kier molecular flexibility index (Phi) is 3.78. The quantitative estimate of drug-likeness (QED) is 0.865. The minimum atomic E-state index is -0.182. The summed E-state index contributed by atoms with van der Waals surface area (Å²) in [6.07, 6.45) is 3.66. The van der Waals surface area contributed by atoms with Gasteiger partial charge in [0.2, 0.25) is 5.90 Å². The zero-order valence-electron chi connectivity index (χ0n) is 11.3. The fourth-order valence-electron chi connectivity index (χ4n) is 1.96. The normalized spacial score (nSPS) is 15.0. The molecule has 0 saturated carbocycles. The molecule has 21 heavy (non-hydrogen) atoms. The van der Waals surface area contributed by atoms with Gasteiger partial charge >= 0.3 is 0 Å². The molecule has 0 spiro atoms. The predicted molar refractivity (Wildman–Crippen MR) is 82.8 cm³/mol. The number of hydrogen-bond acceptors (Lipinski definition) is 3. The molecule has 0 fully saturated rings. The number of para-hydroxylation sites is 1. The summed E-state index contributed by atoms with van der Waals surface area (Å²) in [7, 11) is 0. The van der Waals surface area contributed by atoms with Gasteiger partial charge in [0.05, 0.1) is 5.69 Å². The van der Waals surface area contributed by atoms with Crippen LogP contribution in [0.3, 0.4) is 0 Å². The van der Waals surface area contributed by atoms with Gasteiger partial charge in [-0.1, -0.05) is 48.5 Å². The van der Waals surface area contributed by atoms with Crippen molar-refractivity contribution in [3.63, 3.8) is 0 Å². The fraction of sp³-hybridized carbons (Fsp3) is 0.0588. The van der Waals surface area contributed by atoms with Crippen molar-refractivity contribution in [1.29, 1.82) is 0 Å². The number of anilines is 1. The molecule has 3 rings (SSSR count). The van der Waals surface area contributed by atoms with Crippen molar-refractivity contribution in [2.24, 2.45) is 5.10 Å². The molecule has 0 unspecified atom stereocenters. The van der Waals surface area contributed by atoms with Crippen LogP contribution in [-0.4, -0.2) is 18.4 Å². The number of ether oxygens (including phenoxy) is 1. The van der Waals surface area contributed by atoms with Crippen molar-refractivity contribution in [1.82, 2.24) is 0 Å². The van der Waals surface area contributed by atoms with Gasteiger partial charge in [0.1, 0.15) is 0 Å². The minimum absolute atomic E-state index is 0.00709. The Bertz CT molecular complexity index is 678. The number of hydrazone groups is 1. The molecule has 1 aliphatic heterocycles. The first-order valence-corrected chi connectivity index (χ1v) is 6.65. The second kappa shape index (κ2) is 6.05. The summed E-state index contributed by atoms with van der Waals surface area (Å²) in [6, 6.07) is 19.2. The van der Waals surface area contributed by atoms with E-state index in [4.69, 9.17) is 4.74 Å². The standard InChI is InChI=1S/C17H14N2O2/c20-17-13-21-16(12-11-14-7-3-1-4-8-14)18-19(17)15-9-5-2-6-10-15/h1-12H,13H2/b12-11+. The van der Waals surface area contributed by atoms with Gasteiger partial charge in [-0.05, 0) is 23.8 Å². The number of benzene rings is 2. The van der Waals surface area contributed by atoms with Crippen LogP contribution < -0.4 is 5.01 Å². The SMILES string of the molecule is O=C1COC(/C=C/c2ccccc2)=NN1c1ccccc1. The smallest absolute Gasteiger partial charge is 0.285 e. The van der Waals surface area contributed by atoms with Crippen LogP contribution in [0.4, 0.5) is 5.69 Å². The average Bonchev–Trinajstić information content (AvgIpc) is 2.56. The van der Waals surface area contributed by atoms with Gasteiger partial charge in [-0.15, -0.1) is 5.10 Å². The molecule has 0 bridgehead atoms. The first-order chi connectivity index (χ1) is 10.3. The van der Waals surface area contributed by atoms with E-state index in [1.165, 1.54) is 5.01 Å². The van der Waals surface area contributed by atoms with Crippen LogP contribution in [-0.2, 0) is 9.53 Å². The third-order valence-corrected chi connectivity index (χ3v) is 3.00. The van der Waals surface area contributed by atoms with Crippen molar-refractivity contribution in [2.75, 3.05) is 11.6 Å². The van der Waals surface area contributed by atoms with Gasteiger partial charge in [-0.25, -0.2) is 0 Å². The van der Waals surface area contributed by atoms with Crippen LogP contribution >= 0.6 is 0 Å². The van der Waals surface area contributed by atoms with E-state index in [0.29, 0.717) is 5.90 Å². The van der Waals surface area contributed by atoms with E-state index in [1.54, 1.807) is 6.08 Å². The Labute approximate surface area is 123 Å². The summed E-state index contributed by atoms with van der Waals surface area (Å²) in [5, 5.41) is 5.61. The lowest BCUT2D eigenvalue weighted by molar-refractivity contribution is -0.121. The molecule has 0 N–H and O–H groups in total. The van der Waals surface area contributed by atoms with Gasteiger partial charge in [0.15, 0.2) is 6.61 Å². The molecular weight excluding hydrogens is 264 g/mol. The van der Waals surface area contributed by atoms with Crippen molar-refractivity contribution in [2.45, 2.75) is 0 Å². The van der Waals surface area contributed by atoms with E-state index >= 15 is 0 Å². The Balaban J connectivity index is 1.83. The summed E-state index contributed by atoms with van der Waals surface area (Å²) in [5.74, 6) is 0.236. The monoisotopic (exact) mass is 278 g/mol. The van der Waals surface area contributed by atoms with E-state index in [0.717, 1.165) is 11.3 Å². The lowest BCUT2D eigenvalue weighted by Crippen LogP contribution is -2.35. The molecule has 1 aliphatic rings. The second-order valence-corrected chi connectivity index (χ2v) is 4.51. The topological polar surface area (TPSA) is 41.9 Å². The van der Waals surface area contributed by atoms with Gasteiger partial charge in [-0.2, -0.15) is 5.01 Å². The zero-order chi connectivity index (χ0) is 14.5. The summed E-state index contributed by atoms with van der Waals surface area (Å²) in [6.45, 7) is -0.00709. The highest BCUT2D eigenvalue weighted by molar-refractivity contribution is 6.03. The van der Waals surface area contributed by atoms with Crippen LogP contribution in [0.15, 0.2) is 71.8 Å². The molecular formula is C17H14N2O2. The average molecular weight is 278 g/mol. The lowest BCUT2D eigenvalue weighted by Gasteiger charge is -2.22. The molecule has 0 saturated heterocycles. The van der Waals surface area contributed by atoms with E-state index in [2.05, 4.69) is 5.10 Å². The highest BCUT2D eigenvalue weighted by Crippen LogP contribution is 2.17. The maximum atomic E-state index is 11.9. The molecule has 1 amide bonds. The number of rotatable bonds is 3. The highest BCUT2D eigenvalue weighted by atomic mass is 16.5. The Hall–Kier alpha value is -2.88. The van der Waals surface area contributed by atoms with Crippen molar-refractivity contribution in [3.05, 3.63) is 72.3 Å². The molecule has 1 heterocycles. The number of amides is 1. The lowest BCUT2D eigenvalue weighted by atomic mass is 10.2. The molecule has 4 heteroatoms. The largest absolute Gasteiger partial charge is 0.466 e. The minimum Gasteiger partial charge on any atom is -0.466 e. The first-order valence-electron chi connectivity index (χ1n) is 6.65. The summed E-state index contributed by atoms with van der Waals surface area (Å²) < 4.78 is 5.34. The van der Waals surface area contributed by atoms with Crippen LogP contribution in [0.25, 0.3) is 6.08 Å². The molecule has 0 aromatic heterocycles. The maximum absolute atomic E-state index is 11.9. The maximum Gasteiger partial charge on any atom is 0.285 e. The molecule has 2 aromatic rings. The van der Waals surface area contributed by atoms with Crippen molar-refractivity contribution < 1.29 is 9.53 Å². The van der Waals surface area contributed by atoms with Crippen LogP contribution in [0.5, 0.6) is 0 Å². The number of nitrogens with zero attached hydrogens (tertiary/aromatic N) is 2. The first kappa shape index (κ1) is 13.1. The second-order valence-electron chi connectivity index (χ2n) is 4.51. The van der Waals surface area contributed by atoms with E-state index in [1.807, 2.05) is 66.7 Å². The van der Waals surface area contributed by atoms with Crippen LogP contribution in [0.2, 0.25) is 0 Å².